The molecule has 3 heterocycles. The molecule has 2 N–H and O–H groups in total. The largest absolute Gasteiger partial charge is 0.457 e. The SMILES string of the molecule is CNC(=O)c1cc(Oc2ccc3nc(N(Cc4ccccc4)C4CCNCC4)oc3c2)ccn1. The van der Waals surface area contributed by atoms with Crippen molar-refractivity contribution in [2.75, 3.05) is 25.0 Å². The van der Waals surface area contributed by atoms with Crippen LogP contribution >= 0.6 is 0 Å². The zero-order valence-corrected chi connectivity index (χ0v) is 19.0. The predicted octanol–water partition coefficient (Wildman–Crippen LogP) is 4.13. The first-order valence-corrected chi connectivity index (χ1v) is 11.5. The van der Waals surface area contributed by atoms with Gasteiger partial charge in [-0.1, -0.05) is 30.3 Å². The van der Waals surface area contributed by atoms with Crippen LogP contribution in [0.4, 0.5) is 6.01 Å². The summed E-state index contributed by atoms with van der Waals surface area (Å²) < 4.78 is 12.2. The summed E-state index contributed by atoms with van der Waals surface area (Å²) in [7, 11) is 1.57. The Hall–Kier alpha value is -3.91. The van der Waals surface area contributed by atoms with E-state index in [0.717, 1.165) is 38.0 Å². The summed E-state index contributed by atoms with van der Waals surface area (Å²) in [5, 5.41) is 6.00. The van der Waals surface area contributed by atoms with E-state index in [1.54, 1.807) is 25.4 Å². The van der Waals surface area contributed by atoms with Crippen LogP contribution in [0.2, 0.25) is 0 Å². The second kappa shape index (κ2) is 9.93. The molecule has 8 heteroatoms. The van der Waals surface area contributed by atoms with Crippen molar-refractivity contribution in [2.45, 2.75) is 25.4 Å². The van der Waals surface area contributed by atoms with Gasteiger partial charge in [0.25, 0.3) is 11.9 Å². The monoisotopic (exact) mass is 457 g/mol. The molecule has 8 nitrogen and oxygen atoms in total. The van der Waals surface area contributed by atoms with Crippen LogP contribution in [0.5, 0.6) is 11.5 Å². The van der Waals surface area contributed by atoms with E-state index in [0.29, 0.717) is 34.8 Å². The fourth-order valence-electron chi connectivity index (χ4n) is 4.19. The number of nitrogens with zero attached hydrogens (tertiary/aromatic N) is 3. The number of hydrogen-bond donors (Lipinski definition) is 2. The third kappa shape index (κ3) is 4.87. The van der Waals surface area contributed by atoms with Crippen LogP contribution in [0.3, 0.4) is 0 Å². The molecule has 4 aromatic rings. The first-order valence-electron chi connectivity index (χ1n) is 11.5. The molecule has 1 saturated heterocycles. The zero-order valence-electron chi connectivity index (χ0n) is 19.0. The van der Waals surface area contributed by atoms with Gasteiger partial charge in [-0.15, -0.1) is 0 Å². The van der Waals surface area contributed by atoms with Gasteiger partial charge in [0.05, 0.1) is 0 Å². The molecule has 0 atom stereocenters. The lowest BCUT2D eigenvalue weighted by Gasteiger charge is -2.33. The predicted molar refractivity (Wildman–Crippen MR) is 130 cm³/mol. The number of amides is 1. The van der Waals surface area contributed by atoms with Crippen molar-refractivity contribution in [3.8, 4) is 11.5 Å². The van der Waals surface area contributed by atoms with E-state index >= 15 is 0 Å². The number of nitrogens with one attached hydrogen (secondary N) is 2. The Kier molecular flexibility index (Phi) is 6.40. The molecule has 5 rings (SSSR count). The minimum absolute atomic E-state index is 0.266. The molecule has 0 radical (unpaired) electrons. The number of aromatic nitrogens is 2. The molecule has 1 amide bonds. The highest BCUT2D eigenvalue weighted by atomic mass is 16.5. The molecule has 34 heavy (non-hydrogen) atoms. The van der Waals surface area contributed by atoms with Gasteiger partial charge in [0.15, 0.2) is 5.58 Å². The molecule has 174 valence electrons. The minimum atomic E-state index is -0.266. The van der Waals surface area contributed by atoms with E-state index in [-0.39, 0.29) is 5.91 Å². The topological polar surface area (TPSA) is 92.5 Å². The number of anilines is 1. The highest BCUT2D eigenvalue weighted by Crippen LogP contribution is 2.31. The first-order chi connectivity index (χ1) is 16.7. The van der Waals surface area contributed by atoms with Gasteiger partial charge >= 0.3 is 0 Å². The molecule has 1 aliphatic rings. The van der Waals surface area contributed by atoms with Gasteiger partial charge in [-0.25, -0.2) is 0 Å². The third-order valence-corrected chi connectivity index (χ3v) is 5.97. The van der Waals surface area contributed by atoms with Crippen LogP contribution in [0.15, 0.2) is 71.3 Å². The van der Waals surface area contributed by atoms with Crippen LogP contribution in [-0.4, -0.2) is 42.1 Å². The molecular weight excluding hydrogens is 430 g/mol. The molecule has 2 aromatic carbocycles. The summed E-state index contributed by atoms with van der Waals surface area (Å²) >= 11 is 0. The highest BCUT2D eigenvalue weighted by Gasteiger charge is 2.25. The van der Waals surface area contributed by atoms with Crippen molar-refractivity contribution >= 4 is 23.0 Å². The van der Waals surface area contributed by atoms with Crippen LogP contribution in [-0.2, 0) is 6.54 Å². The van der Waals surface area contributed by atoms with E-state index in [2.05, 4.69) is 44.8 Å². The minimum Gasteiger partial charge on any atom is -0.457 e. The van der Waals surface area contributed by atoms with Crippen LogP contribution in [0, 0.1) is 0 Å². The standard InChI is InChI=1S/C26H27N5O3/c1-27-25(32)23-15-21(11-14-29-23)33-20-7-8-22-24(16-20)34-26(30-22)31(19-9-12-28-13-10-19)17-18-5-3-2-4-6-18/h2-8,11,14-16,19,28H,9-10,12-13,17H2,1H3,(H,27,32). The van der Waals surface area contributed by atoms with Crippen molar-refractivity contribution in [1.29, 1.82) is 0 Å². The number of rotatable bonds is 7. The van der Waals surface area contributed by atoms with Gasteiger partial charge in [-0.3, -0.25) is 9.78 Å². The molecule has 1 aliphatic heterocycles. The van der Waals surface area contributed by atoms with Gasteiger partial charge in [-0.05, 0) is 49.7 Å². The number of fused-ring (bicyclic) bond motifs is 1. The van der Waals surface area contributed by atoms with Gasteiger partial charge < -0.3 is 24.7 Å². The fraction of sp³-hybridized carbons (Fsp3) is 0.269. The fourth-order valence-corrected chi connectivity index (χ4v) is 4.19. The Morgan fingerprint density at radius 1 is 1.12 bits per heavy atom. The Morgan fingerprint density at radius 2 is 1.91 bits per heavy atom. The number of hydrogen-bond acceptors (Lipinski definition) is 7. The summed E-state index contributed by atoms with van der Waals surface area (Å²) in [6.07, 6.45) is 3.62. The van der Waals surface area contributed by atoms with Crippen molar-refractivity contribution in [3.63, 3.8) is 0 Å². The molecule has 1 fully saturated rings. The summed E-state index contributed by atoms with van der Waals surface area (Å²) in [5.74, 6) is 0.853. The quantitative estimate of drug-likeness (QED) is 0.431. The molecule has 2 aromatic heterocycles. The summed E-state index contributed by atoms with van der Waals surface area (Å²) in [6, 6.07) is 20.3. The van der Waals surface area contributed by atoms with E-state index in [1.165, 1.54) is 5.56 Å². The van der Waals surface area contributed by atoms with Crippen LogP contribution < -0.4 is 20.3 Å². The number of ether oxygens (including phenoxy) is 1. The number of piperidine rings is 1. The lowest BCUT2D eigenvalue weighted by atomic mass is 10.0. The number of pyridine rings is 1. The molecule has 0 saturated carbocycles. The number of carbonyl (C=O) groups is 1. The average molecular weight is 458 g/mol. The third-order valence-electron chi connectivity index (χ3n) is 5.97. The van der Waals surface area contributed by atoms with Crippen molar-refractivity contribution in [3.05, 3.63) is 78.1 Å². The van der Waals surface area contributed by atoms with Crippen LogP contribution in [0.1, 0.15) is 28.9 Å². The van der Waals surface area contributed by atoms with Crippen LogP contribution in [0.25, 0.3) is 11.1 Å². The molecule has 0 unspecified atom stereocenters. The normalized spacial score (nSPS) is 14.1. The summed E-state index contributed by atoms with van der Waals surface area (Å²) in [6.45, 7) is 2.71. The Labute approximate surface area is 198 Å². The van der Waals surface area contributed by atoms with Crippen molar-refractivity contribution in [2.24, 2.45) is 0 Å². The zero-order chi connectivity index (χ0) is 23.3. The second-order valence-corrected chi connectivity index (χ2v) is 8.28. The number of carbonyl (C=O) groups excluding carboxylic acids is 1. The van der Waals surface area contributed by atoms with Gasteiger partial charge in [-0.2, -0.15) is 4.98 Å². The average Bonchev–Trinajstić information content (AvgIpc) is 3.31. The van der Waals surface area contributed by atoms with E-state index < -0.39 is 0 Å². The first kappa shape index (κ1) is 21.9. The molecular formula is C26H27N5O3. The van der Waals surface area contributed by atoms with Gasteiger partial charge in [0.1, 0.15) is 22.7 Å². The summed E-state index contributed by atoms with van der Waals surface area (Å²) in [5.41, 5.74) is 2.94. The second-order valence-electron chi connectivity index (χ2n) is 8.28. The van der Waals surface area contributed by atoms with Crippen molar-refractivity contribution < 1.29 is 13.9 Å². The van der Waals surface area contributed by atoms with E-state index in [1.807, 2.05) is 24.3 Å². The van der Waals surface area contributed by atoms with Gasteiger partial charge in [0.2, 0.25) is 0 Å². The van der Waals surface area contributed by atoms with Crippen molar-refractivity contribution in [1.82, 2.24) is 20.6 Å². The lowest BCUT2D eigenvalue weighted by Crippen LogP contribution is -2.43. The summed E-state index contributed by atoms with van der Waals surface area (Å²) in [4.78, 5) is 23.0. The van der Waals surface area contributed by atoms with E-state index in [4.69, 9.17) is 14.1 Å². The number of benzene rings is 2. The Morgan fingerprint density at radius 3 is 2.71 bits per heavy atom. The maximum absolute atomic E-state index is 11.9. The molecule has 0 aliphatic carbocycles. The smallest absolute Gasteiger partial charge is 0.298 e. The Balaban J connectivity index is 1.41. The lowest BCUT2D eigenvalue weighted by molar-refractivity contribution is 0.0958. The Bertz CT molecular complexity index is 1270. The molecule has 0 spiro atoms. The van der Waals surface area contributed by atoms with Gasteiger partial charge in [0, 0.05) is 38.0 Å². The highest BCUT2D eigenvalue weighted by molar-refractivity contribution is 5.92. The van der Waals surface area contributed by atoms with E-state index in [9.17, 15) is 4.79 Å². The molecule has 0 bridgehead atoms. The number of oxazole rings is 1. The maximum Gasteiger partial charge on any atom is 0.298 e. The maximum atomic E-state index is 11.9.